The maximum Gasteiger partial charge on any atom is 0.244 e. The Morgan fingerprint density at radius 3 is 2.81 bits per heavy atom. The lowest BCUT2D eigenvalue weighted by molar-refractivity contribution is -0.116. The van der Waals surface area contributed by atoms with E-state index in [4.69, 9.17) is 0 Å². The van der Waals surface area contributed by atoms with Crippen molar-refractivity contribution in [3.05, 3.63) is 66.1 Å². The molecule has 0 saturated heterocycles. The van der Waals surface area contributed by atoms with Crippen LogP contribution >= 0.6 is 0 Å². The largest absolute Gasteiger partial charge is 0.338 e. The Balaban J connectivity index is 1.79. The molecular formula is C17H15FN2O. The number of benzene rings is 2. The number of aromatic nitrogens is 1. The van der Waals surface area contributed by atoms with Crippen LogP contribution in [-0.4, -0.2) is 10.5 Å². The Hall–Kier alpha value is -2.62. The van der Waals surface area contributed by atoms with E-state index in [1.54, 1.807) is 18.3 Å². The van der Waals surface area contributed by atoms with Crippen LogP contribution in [0, 0.1) is 12.7 Å². The number of nitrogens with one attached hydrogen (secondary N) is 1. The first-order chi connectivity index (χ1) is 10.1. The van der Waals surface area contributed by atoms with E-state index >= 15 is 0 Å². The van der Waals surface area contributed by atoms with E-state index in [1.807, 2.05) is 35.8 Å². The lowest BCUT2D eigenvalue weighted by atomic mass is 10.2. The van der Waals surface area contributed by atoms with Crippen molar-refractivity contribution < 1.29 is 9.18 Å². The highest BCUT2D eigenvalue weighted by molar-refractivity contribution is 5.92. The Morgan fingerprint density at radius 1 is 1.19 bits per heavy atom. The van der Waals surface area contributed by atoms with E-state index in [2.05, 4.69) is 5.32 Å². The van der Waals surface area contributed by atoms with Gasteiger partial charge in [-0.1, -0.05) is 18.2 Å². The maximum absolute atomic E-state index is 13.2. The molecule has 3 rings (SSSR count). The second-order valence-corrected chi connectivity index (χ2v) is 5.01. The molecule has 0 aliphatic rings. The predicted octanol–water partition coefficient (Wildman–Crippen LogP) is 3.73. The van der Waals surface area contributed by atoms with Gasteiger partial charge in [-0.2, -0.15) is 0 Å². The topological polar surface area (TPSA) is 34.0 Å². The first kappa shape index (κ1) is 13.4. The van der Waals surface area contributed by atoms with E-state index in [-0.39, 0.29) is 18.3 Å². The molecule has 1 N–H and O–H groups in total. The molecule has 0 fully saturated rings. The number of nitrogens with zero attached hydrogens (tertiary/aromatic N) is 1. The molecular weight excluding hydrogens is 267 g/mol. The minimum atomic E-state index is -0.274. The van der Waals surface area contributed by atoms with Gasteiger partial charge in [0.2, 0.25) is 5.91 Å². The quantitative estimate of drug-likeness (QED) is 0.780. The summed E-state index contributed by atoms with van der Waals surface area (Å²) in [6, 6.07) is 14.0. The third-order valence-electron chi connectivity index (χ3n) is 3.47. The summed E-state index contributed by atoms with van der Waals surface area (Å²) >= 11 is 0. The summed E-state index contributed by atoms with van der Waals surface area (Å²) in [6.45, 7) is 2.15. The smallest absolute Gasteiger partial charge is 0.244 e. The minimum absolute atomic E-state index is 0.105. The number of halogens is 1. The van der Waals surface area contributed by atoms with Crippen molar-refractivity contribution in [3.63, 3.8) is 0 Å². The van der Waals surface area contributed by atoms with Gasteiger partial charge in [0.15, 0.2) is 0 Å². The zero-order valence-electron chi connectivity index (χ0n) is 11.6. The highest BCUT2D eigenvalue weighted by Crippen LogP contribution is 2.18. The fourth-order valence-electron chi connectivity index (χ4n) is 2.37. The molecule has 0 unspecified atom stereocenters. The summed E-state index contributed by atoms with van der Waals surface area (Å²) in [5, 5.41) is 3.68. The third-order valence-corrected chi connectivity index (χ3v) is 3.47. The second-order valence-electron chi connectivity index (χ2n) is 5.01. The van der Waals surface area contributed by atoms with Gasteiger partial charge in [0.1, 0.15) is 12.4 Å². The predicted molar refractivity (Wildman–Crippen MR) is 81.7 cm³/mol. The van der Waals surface area contributed by atoms with Crippen LogP contribution in [-0.2, 0) is 11.3 Å². The first-order valence-electron chi connectivity index (χ1n) is 6.73. The van der Waals surface area contributed by atoms with Crippen molar-refractivity contribution in [2.75, 3.05) is 5.32 Å². The highest BCUT2D eigenvalue weighted by atomic mass is 19.1. The molecule has 2 aromatic carbocycles. The average molecular weight is 282 g/mol. The molecule has 0 bridgehead atoms. The Labute approximate surface area is 122 Å². The number of fused-ring (bicyclic) bond motifs is 1. The van der Waals surface area contributed by atoms with Crippen LogP contribution < -0.4 is 5.32 Å². The van der Waals surface area contributed by atoms with Crippen molar-refractivity contribution >= 4 is 22.5 Å². The number of aryl methyl sites for hydroxylation is 1. The Bertz CT molecular complexity index is 807. The Kier molecular flexibility index (Phi) is 3.44. The van der Waals surface area contributed by atoms with E-state index in [9.17, 15) is 9.18 Å². The number of carbonyl (C=O) groups excluding carboxylic acids is 1. The SMILES string of the molecule is Cc1ccccc1NC(=O)Cn1ccc2cc(F)ccc21. The van der Waals surface area contributed by atoms with Crippen LogP contribution in [0.25, 0.3) is 10.9 Å². The van der Waals surface area contributed by atoms with Crippen LogP contribution in [0.4, 0.5) is 10.1 Å². The van der Waals surface area contributed by atoms with Crippen LogP contribution in [0.3, 0.4) is 0 Å². The van der Waals surface area contributed by atoms with E-state index in [0.29, 0.717) is 0 Å². The number of hydrogen-bond donors (Lipinski definition) is 1. The lowest BCUT2D eigenvalue weighted by Crippen LogP contribution is -2.18. The Morgan fingerprint density at radius 2 is 2.00 bits per heavy atom. The van der Waals surface area contributed by atoms with E-state index < -0.39 is 0 Å². The molecule has 3 nitrogen and oxygen atoms in total. The standard InChI is InChI=1S/C17H15FN2O/c1-12-4-2-3-5-15(12)19-17(21)11-20-9-8-13-10-14(18)6-7-16(13)20/h2-10H,11H2,1H3,(H,19,21). The van der Waals surface area contributed by atoms with Gasteiger partial charge in [0.05, 0.1) is 0 Å². The van der Waals surface area contributed by atoms with Gasteiger partial charge in [0.25, 0.3) is 0 Å². The van der Waals surface area contributed by atoms with Gasteiger partial charge in [0, 0.05) is 22.8 Å². The van der Waals surface area contributed by atoms with Gasteiger partial charge in [-0.05, 0) is 42.8 Å². The first-order valence-corrected chi connectivity index (χ1v) is 6.73. The summed E-state index contributed by atoms with van der Waals surface area (Å²) in [7, 11) is 0. The number of anilines is 1. The molecule has 21 heavy (non-hydrogen) atoms. The number of rotatable bonds is 3. The summed E-state index contributed by atoms with van der Waals surface area (Å²) in [5.74, 6) is -0.379. The average Bonchev–Trinajstić information content (AvgIpc) is 2.83. The molecule has 0 radical (unpaired) electrons. The molecule has 4 heteroatoms. The monoisotopic (exact) mass is 282 g/mol. The van der Waals surface area contributed by atoms with Crippen LogP contribution in [0.2, 0.25) is 0 Å². The van der Waals surface area contributed by atoms with Crippen LogP contribution in [0.15, 0.2) is 54.7 Å². The number of carbonyl (C=O) groups is 1. The van der Waals surface area contributed by atoms with Gasteiger partial charge >= 0.3 is 0 Å². The molecule has 0 saturated carbocycles. The summed E-state index contributed by atoms with van der Waals surface area (Å²) in [6.07, 6.45) is 1.79. The van der Waals surface area contributed by atoms with Gasteiger partial charge in [-0.15, -0.1) is 0 Å². The molecule has 3 aromatic rings. The molecule has 1 amide bonds. The van der Waals surface area contributed by atoms with Crippen molar-refractivity contribution in [2.24, 2.45) is 0 Å². The van der Waals surface area contributed by atoms with Gasteiger partial charge < -0.3 is 9.88 Å². The van der Waals surface area contributed by atoms with Crippen molar-refractivity contribution in [1.82, 2.24) is 4.57 Å². The highest BCUT2D eigenvalue weighted by Gasteiger charge is 2.08. The number of amides is 1. The number of hydrogen-bond acceptors (Lipinski definition) is 1. The summed E-state index contributed by atoms with van der Waals surface area (Å²) in [5.41, 5.74) is 2.67. The lowest BCUT2D eigenvalue weighted by Gasteiger charge is -2.09. The number of para-hydroxylation sites is 1. The van der Waals surface area contributed by atoms with Crippen LogP contribution in [0.5, 0.6) is 0 Å². The van der Waals surface area contributed by atoms with E-state index in [0.717, 1.165) is 22.2 Å². The van der Waals surface area contributed by atoms with Crippen molar-refractivity contribution in [1.29, 1.82) is 0 Å². The molecule has 0 aliphatic heterocycles. The molecule has 0 spiro atoms. The third kappa shape index (κ3) is 2.79. The zero-order chi connectivity index (χ0) is 14.8. The maximum atomic E-state index is 13.2. The van der Waals surface area contributed by atoms with Crippen molar-refractivity contribution in [2.45, 2.75) is 13.5 Å². The summed E-state index contributed by atoms with van der Waals surface area (Å²) < 4.78 is 15.0. The summed E-state index contributed by atoms with van der Waals surface area (Å²) in [4.78, 5) is 12.1. The van der Waals surface area contributed by atoms with E-state index in [1.165, 1.54) is 12.1 Å². The molecule has 106 valence electrons. The molecule has 0 atom stereocenters. The molecule has 1 aromatic heterocycles. The van der Waals surface area contributed by atoms with Crippen LogP contribution in [0.1, 0.15) is 5.56 Å². The van der Waals surface area contributed by atoms with Crippen molar-refractivity contribution in [3.8, 4) is 0 Å². The fourth-order valence-corrected chi connectivity index (χ4v) is 2.37. The van der Waals surface area contributed by atoms with Gasteiger partial charge in [-0.3, -0.25) is 4.79 Å². The normalized spacial score (nSPS) is 10.8. The molecule has 0 aliphatic carbocycles. The van der Waals surface area contributed by atoms with Gasteiger partial charge in [-0.25, -0.2) is 4.39 Å². The second kappa shape index (κ2) is 5.40. The minimum Gasteiger partial charge on any atom is -0.338 e. The fraction of sp³-hybridized carbons (Fsp3) is 0.118. The zero-order valence-corrected chi connectivity index (χ0v) is 11.6. The molecule has 1 heterocycles.